The molecule has 0 spiro atoms. The average Bonchev–Trinajstić information content (AvgIpc) is 3.77. The second kappa shape index (κ2) is 10.3. The van der Waals surface area contributed by atoms with Gasteiger partial charge in [0.05, 0.1) is 4.90 Å². The van der Waals surface area contributed by atoms with Gasteiger partial charge in [0.25, 0.3) is 0 Å². The van der Waals surface area contributed by atoms with Crippen molar-refractivity contribution in [2.75, 3.05) is 0 Å². The maximum Gasteiger partial charge on any atom is 0.339 e. The molecule has 0 amide bonds. The molecule has 0 heterocycles. The fraction of sp³-hybridized carbons (Fsp3) is 0.692. The normalized spacial score (nSPS) is 37.6. The molecule has 2 aromatic carbocycles. The van der Waals surface area contributed by atoms with Crippen molar-refractivity contribution >= 4 is 20.2 Å². The van der Waals surface area contributed by atoms with Gasteiger partial charge in [0.2, 0.25) is 0 Å². The quantitative estimate of drug-likeness (QED) is 0.214. The first-order valence-corrected chi connectivity index (χ1v) is 20.9. The first-order chi connectivity index (χ1) is 21.9. The van der Waals surface area contributed by atoms with E-state index < -0.39 is 25.1 Å². The standard InChI is InChI=1S/C39H52O6S2/c1-37(2)23-7-14-33(37)28(19-23)22-17-31(29-20-24-8-15-34(29)38(24,3)4)36(32(18-22)30-21-25-9-16-35(30)39(25,5)6)47(43,44)45-26-10-12-27(13-11-26)46(40,41)42/h10-13,17-18,23-25,28-30,33-35H,7-9,14-16,19-21H2,1-6H3,(H,40,41,42)/p-1. The van der Waals surface area contributed by atoms with E-state index in [-0.39, 0.29) is 28.4 Å². The minimum atomic E-state index is -4.66. The number of hydrogen-bond acceptors (Lipinski definition) is 6. The highest BCUT2D eigenvalue weighted by atomic mass is 32.2. The van der Waals surface area contributed by atoms with Crippen LogP contribution in [0.5, 0.6) is 5.75 Å². The zero-order chi connectivity index (χ0) is 33.5. The summed E-state index contributed by atoms with van der Waals surface area (Å²) in [6.07, 6.45) is 10.4. The van der Waals surface area contributed by atoms with Crippen LogP contribution < -0.4 is 4.18 Å². The molecule has 256 valence electrons. The van der Waals surface area contributed by atoms with E-state index in [0.29, 0.717) is 51.7 Å². The van der Waals surface area contributed by atoms with Gasteiger partial charge in [0, 0.05) is 0 Å². The van der Waals surface area contributed by atoms with Crippen LogP contribution in [-0.4, -0.2) is 21.4 Å². The molecule has 0 aliphatic heterocycles. The van der Waals surface area contributed by atoms with Crippen molar-refractivity contribution in [1.29, 1.82) is 0 Å². The van der Waals surface area contributed by atoms with Gasteiger partial charge in [-0.3, -0.25) is 0 Å². The second-order valence-corrected chi connectivity index (χ2v) is 21.0. The molecule has 9 unspecified atom stereocenters. The van der Waals surface area contributed by atoms with Gasteiger partial charge in [0.15, 0.2) is 0 Å². The Morgan fingerprint density at radius 1 is 0.617 bits per heavy atom. The van der Waals surface area contributed by atoms with Crippen LogP contribution in [0.2, 0.25) is 0 Å². The molecule has 47 heavy (non-hydrogen) atoms. The summed E-state index contributed by atoms with van der Waals surface area (Å²) < 4.78 is 70.3. The minimum absolute atomic E-state index is 0.0229. The van der Waals surface area contributed by atoms with Crippen LogP contribution in [0.15, 0.2) is 46.2 Å². The van der Waals surface area contributed by atoms with Crippen molar-refractivity contribution in [2.24, 2.45) is 51.8 Å². The number of hydrogen-bond donors (Lipinski definition) is 0. The molecule has 0 N–H and O–H groups in total. The zero-order valence-corrected chi connectivity index (χ0v) is 30.4. The third-order valence-electron chi connectivity index (χ3n) is 15.5. The van der Waals surface area contributed by atoms with Crippen molar-refractivity contribution in [3.63, 3.8) is 0 Å². The highest BCUT2D eigenvalue weighted by Crippen LogP contribution is 2.68. The van der Waals surface area contributed by atoms with E-state index in [1.807, 2.05) is 0 Å². The molecule has 6 saturated carbocycles. The van der Waals surface area contributed by atoms with Gasteiger partial charge in [-0.05, 0) is 168 Å². The topological polar surface area (TPSA) is 101 Å². The average molecular weight is 680 g/mol. The van der Waals surface area contributed by atoms with Crippen LogP contribution in [0.3, 0.4) is 0 Å². The first-order valence-electron chi connectivity index (χ1n) is 18.1. The largest absolute Gasteiger partial charge is 0.744 e. The Morgan fingerprint density at radius 2 is 1.02 bits per heavy atom. The summed E-state index contributed by atoms with van der Waals surface area (Å²) in [6, 6.07) is 9.46. The van der Waals surface area contributed by atoms with Crippen molar-refractivity contribution in [3.05, 3.63) is 53.1 Å². The van der Waals surface area contributed by atoms with E-state index in [9.17, 15) is 21.4 Å². The summed E-state index contributed by atoms with van der Waals surface area (Å²) in [5, 5.41) is 0. The third kappa shape index (κ3) is 4.76. The summed E-state index contributed by atoms with van der Waals surface area (Å²) in [5.41, 5.74) is 3.90. The van der Waals surface area contributed by atoms with Crippen LogP contribution in [0.4, 0.5) is 0 Å². The van der Waals surface area contributed by atoms with Crippen LogP contribution >= 0.6 is 0 Å². The van der Waals surface area contributed by atoms with Crippen LogP contribution in [0.25, 0.3) is 0 Å². The van der Waals surface area contributed by atoms with E-state index >= 15 is 0 Å². The molecule has 6 bridgehead atoms. The lowest BCUT2D eigenvalue weighted by molar-refractivity contribution is 0.250. The van der Waals surface area contributed by atoms with E-state index in [2.05, 4.69) is 53.7 Å². The lowest BCUT2D eigenvalue weighted by atomic mass is 9.72. The number of rotatable bonds is 7. The second-order valence-electron chi connectivity index (χ2n) is 18.1. The predicted octanol–water partition coefficient (Wildman–Crippen LogP) is 8.98. The lowest BCUT2D eigenvalue weighted by Gasteiger charge is -2.34. The third-order valence-corrected chi connectivity index (χ3v) is 17.8. The molecular weight excluding hydrogens is 629 g/mol. The van der Waals surface area contributed by atoms with Gasteiger partial charge in [-0.2, -0.15) is 8.42 Å². The Kier molecular flexibility index (Phi) is 7.09. The molecule has 6 aliphatic carbocycles. The number of benzene rings is 2. The van der Waals surface area contributed by atoms with Gasteiger partial charge in [-0.25, -0.2) is 8.42 Å². The molecule has 8 rings (SSSR count). The Hall–Kier alpha value is -1.90. The van der Waals surface area contributed by atoms with E-state index in [4.69, 9.17) is 4.18 Å². The SMILES string of the molecule is CC1(C)C2CCC1C(c1cc(C3CC4CCC3C4(C)C)c(S(=O)(=O)Oc3ccc(S(=O)(=O)[O-])cc3)c(C3CC4CCC3C4(C)C)c1)C2. The monoisotopic (exact) mass is 679 g/mol. The van der Waals surface area contributed by atoms with Gasteiger partial charge < -0.3 is 8.74 Å². The van der Waals surface area contributed by atoms with E-state index in [0.717, 1.165) is 48.9 Å². The summed E-state index contributed by atoms with van der Waals surface area (Å²) in [7, 11) is -8.97. The Bertz CT molecular complexity index is 1760. The fourth-order valence-corrected chi connectivity index (χ4v) is 14.7. The molecule has 0 radical (unpaired) electrons. The van der Waals surface area contributed by atoms with E-state index in [1.165, 1.54) is 49.8 Å². The molecule has 6 nitrogen and oxygen atoms in total. The zero-order valence-electron chi connectivity index (χ0n) is 28.8. The van der Waals surface area contributed by atoms with E-state index in [1.54, 1.807) is 0 Å². The summed E-state index contributed by atoms with van der Waals surface area (Å²) in [4.78, 5) is -0.0268. The summed E-state index contributed by atoms with van der Waals surface area (Å²) >= 11 is 0. The van der Waals surface area contributed by atoms with Gasteiger partial charge >= 0.3 is 10.1 Å². The lowest BCUT2D eigenvalue weighted by Crippen LogP contribution is -2.25. The maximum atomic E-state index is 14.8. The summed E-state index contributed by atoms with van der Waals surface area (Å²) in [5.74, 6) is 4.07. The molecular formula is C39H51O6S2-. The molecule has 6 fully saturated rings. The van der Waals surface area contributed by atoms with Crippen molar-refractivity contribution in [3.8, 4) is 5.75 Å². The van der Waals surface area contributed by atoms with Crippen molar-refractivity contribution in [2.45, 2.75) is 127 Å². The predicted molar refractivity (Wildman–Crippen MR) is 181 cm³/mol. The minimum Gasteiger partial charge on any atom is -0.744 e. The highest BCUT2D eigenvalue weighted by molar-refractivity contribution is 7.87. The van der Waals surface area contributed by atoms with Crippen molar-refractivity contribution in [1.82, 2.24) is 0 Å². The highest BCUT2D eigenvalue weighted by Gasteiger charge is 2.58. The smallest absolute Gasteiger partial charge is 0.339 e. The van der Waals surface area contributed by atoms with Gasteiger partial charge in [-0.15, -0.1) is 0 Å². The Labute approximate surface area is 282 Å². The maximum absolute atomic E-state index is 14.8. The molecule has 6 aliphatic rings. The number of fused-ring (bicyclic) bond motifs is 6. The molecule has 8 heteroatoms. The Morgan fingerprint density at radius 3 is 1.36 bits per heavy atom. The van der Waals surface area contributed by atoms with Crippen LogP contribution in [0, 0.1) is 51.8 Å². The van der Waals surface area contributed by atoms with Crippen LogP contribution in [0.1, 0.15) is 134 Å². The molecule has 0 aromatic heterocycles. The molecule has 0 saturated heterocycles. The van der Waals surface area contributed by atoms with Gasteiger partial charge in [0.1, 0.15) is 20.8 Å². The molecule has 9 atom stereocenters. The van der Waals surface area contributed by atoms with Gasteiger partial charge in [-0.1, -0.05) is 53.7 Å². The first kappa shape index (κ1) is 32.3. The fourth-order valence-electron chi connectivity index (χ4n) is 12.8. The van der Waals surface area contributed by atoms with Crippen molar-refractivity contribution < 1.29 is 25.6 Å². The van der Waals surface area contributed by atoms with Crippen LogP contribution in [-0.2, 0) is 20.2 Å². The molecule has 2 aromatic rings. The Balaban J connectivity index is 1.31. The summed E-state index contributed by atoms with van der Waals surface area (Å²) in [6.45, 7) is 14.4.